The van der Waals surface area contributed by atoms with Gasteiger partial charge in [-0.3, -0.25) is 4.79 Å². The van der Waals surface area contributed by atoms with E-state index < -0.39 is 16.1 Å². The van der Waals surface area contributed by atoms with Crippen LogP contribution in [0.4, 0.5) is 0 Å². The molecule has 4 rings (SSSR count). The summed E-state index contributed by atoms with van der Waals surface area (Å²) in [7, 11) is -2.30. The Morgan fingerprint density at radius 3 is 0.829 bits per heavy atom. The third-order valence-electron chi connectivity index (χ3n) is 6.44. The molecule has 0 fully saturated rings. The van der Waals surface area contributed by atoms with Gasteiger partial charge in [0.15, 0.2) is 0 Å². The van der Waals surface area contributed by atoms with Crippen LogP contribution in [0.3, 0.4) is 0 Å². The summed E-state index contributed by atoms with van der Waals surface area (Å²) in [6, 6.07) is 47.0. The van der Waals surface area contributed by atoms with Crippen LogP contribution in [-0.2, 0) is 24.3 Å². The maximum atomic E-state index is 7.50. The van der Waals surface area contributed by atoms with Crippen molar-refractivity contribution in [2.75, 3.05) is 12.3 Å². The monoisotopic (exact) mass is 706 g/mol. The van der Waals surface area contributed by atoms with Gasteiger partial charge in [0.05, 0.1) is 0 Å². The zero-order valence-electron chi connectivity index (χ0n) is 28.5. The first-order valence-corrected chi connectivity index (χ1v) is 24.5. The first-order valence-electron chi connectivity index (χ1n) is 14.1. The van der Waals surface area contributed by atoms with Crippen LogP contribution in [0.1, 0.15) is 4.28 Å². The van der Waals surface area contributed by atoms with Gasteiger partial charge in [0, 0.05) is 16.1 Å². The van der Waals surface area contributed by atoms with E-state index in [0.29, 0.717) is 0 Å². The minimum Gasteiger partial charge on any atom is -1.00 e. The van der Waals surface area contributed by atoms with E-state index in [0.717, 1.165) is 0 Å². The van der Waals surface area contributed by atoms with Gasteiger partial charge in [-0.25, -0.2) is 0 Å². The quantitative estimate of drug-likeness (QED) is 0.119. The fraction of sp³-hybridized carbons (Fsp3) is 0.286. The molecule has 4 aromatic rings. The molecule has 4 aromatic carbocycles. The average Bonchev–Trinajstić information content (AvgIpc) is 2.96. The van der Waals surface area contributed by atoms with Gasteiger partial charge >= 0.3 is 19.5 Å². The smallest absolute Gasteiger partial charge is 1.00 e. The van der Waals surface area contributed by atoms with Gasteiger partial charge in [-0.1, -0.05) is 173 Å². The van der Waals surface area contributed by atoms with E-state index in [4.69, 9.17) is 4.79 Å². The summed E-state index contributed by atoms with van der Waals surface area (Å²) in [6.45, 7) is 19.3. The Kier molecular flexibility index (Phi) is 17.9. The van der Waals surface area contributed by atoms with E-state index >= 15 is 0 Å². The first-order chi connectivity index (χ1) is 19.1. The van der Waals surface area contributed by atoms with Crippen LogP contribution >= 0.6 is 15.8 Å². The third-order valence-corrected chi connectivity index (χ3v) is 15.8. The summed E-state index contributed by atoms with van der Waals surface area (Å²) in [4.78, 5) is 7.50. The molecule has 0 atom stereocenters. The van der Waals surface area contributed by atoms with E-state index in [9.17, 15) is 0 Å². The van der Waals surface area contributed by atoms with Gasteiger partial charge in [0.25, 0.3) is 6.79 Å². The predicted molar refractivity (Wildman–Crippen MR) is 193 cm³/mol. The van der Waals surface area contributed by atoms with Gasteiger partial charge < -0.3 is 4.28 Å². The maximum Gasteiger partial charge on any atom is 3.00 e. The van der Waals surface area contributed by atoms with Crippen LogP contribution in [0, 0.1) is 0 Å². The Labute approximate surface area is 272 Å². The molecule has 0 N–H and O–H groups in total. The molecule has 41 heavy (non-hydrogen) atoms. The Hall–Kier alpha value is -1.53. The molecule has 0 bridgehead atoms. The molecule has 0 saturated heterocycles. The van der Waals surface area contributed by atoms with Crippen LogP contribution in [0.5, 0.6) is 0 Å². The third kappa shape index (κ3) is 15.0. The van der Waals surface area contributed by atoms with E-state index in [1.54, 1.807) is 0 Å². The van der Waals surface area contributed by atoms with Gasteiger partial charge in [-0.05, 0) is 49.4 Å². The fourth-order valence-corrected chi connectivity index (χ4v) is 15.1. The molecule has 0 unspecified atom stereocenters. The summed E-state index contributed by atoms with van der Waals surface area (Å²) < 4.78 is 0. The second-order valence-corrected chi connectivity index (χ2v) is 28.2. The van der Waals surface area contributed by atoms with E-state index in [1.807, 2.05) is 0 Å². The molecule has 0 saturated carbocycles. The number of benzene rings is 4. The van der Waals surface area contributed by atoms with Crippen molar-refractivity contribution in [2.45, 2.75) is 51.4 Å². The van der Waals surface area contributed by atoms with E-state index in [-0.39, 0.29) is 39.6 Å². The summed E-state index contributed by atoms with van der Waals surface area (Å²) in [5.74, 6) is 0. The molecule has 0 spiro atoms. The number of carbonyl (C=O) groups excluding carboxylic acids is 1. The first kappa shape index (κ1) is 37.5. The van der Waals surface area contributed by atoms with Crippen LogP contribution in [0.15, 0.2) is 121 Å². The van der Waals surface area contributed by atoms with Crippen LogP contribution in [0.25, 0.3) is 0 Å². The molecule has 0 aliphatic rings. The number of rotatable bonds is 10. The topological polar surface area (TPSA) is 17.1 Å². The Balaban J connectivity index is -0.000000666. The summed E-state index contributed by atoms with van der Waals surface area (Å²) >= 11 is 0. The zero-order valence-corrected chi connectivity index (χ0v) is 30.9. The molecular formula is C35H49OP2RhSi2. The van der Waals surface area contributed by atoms with Gasteiger partial charge in [0.2, 0.25) is 0 Å². The molecule has 0 aliphatic carbocycles. The minimum absolute atomic E-state index is 0. The molecule has 222 valence electrons. The summed E-state index contributed by atoms with van der Waals surface area (Å²) in [5.41, 5.74) is 0. The molecule has 0 heterocycles. The Morgan fingerprint density at radius 1 is 0.463 bits per heavy atom. The Morgan fingerprint density at radius 2 is 0.659 bits per heavy atom. The van der Waals surface area contributed by atoms with Crippen molar-refractivity contribution in [3.8, 4) is 0 Å². The SMILES string of the molecule is C[Si](C)(C)CCP(c1ccccc1)c1ccccc1.C[Si](C)(C)CCP(c1ccccc1)c1ccccc1.[C]=O.[H-].[H-].[H-].[Rh+3]. The van der Waals surface area contributed by atoms with Crippen molar-refractivity contribution in [2.24, 2.45) is 0 Å². The van der Waals surface area contributed by atoms with Crippen LogP contribution in [-0.4, -0.2) is 35.3 Å². The normalized spacial score (nSPS) is 11.0. The number of hydrogen-bond donors (Lipinski definition) is 0. The van der Waals surface area contributed by atoms with Crippen molar-refractivity contribution in [3.05, 3.63) is 121 Å². The second-order valence-electron chi connectivity index (χ2n) is 12.3. The Bertz CT molecular complexity index is 1040. The van der Waals surface area contributed by atoms with Crippen LogP contribution < -0.4 is 21.2 Å². The summed E-state index contributed by atoms with van der Waals surface area (Å²) in [6.07, 6.45) is 2.66. The molecule has 1 nitrogen and oxygen atoms in total. The fourth-order valence-electron chi connectivity index (χ4n) is 4.14. The average molecular weight is 707 g/mol. The van der Waals surface area contributed by atoms with Crippen molar-refractivity contribution in [1.82, 2.24) is 0 Å². The molecule has 0 aliphatic heterocycles. The molecule has 0 aromatic heterocycles. The second kappa shape index (κ2) is 19.6. The molecule has 6 heteroatoms. The number of hydrogen-bond acceptors (Lipinski definition) is 1. The van der Waals surface area contributed by atoms with Gasteiger partial charge in [-0.2, -0.15) is 0 Å². The van der Waals surface area contributed by atoms with Crippen LogP contribution in [0.2, 0.25) is 51.4 Å². The van der Waals surface area contributed by atoms with Crippen molar-refractivity contribution < 1.29 is 28.6 Å². The predicted octanol–water partition coefficient (Wildman–Crippen LogP) is 8.85. The minimum atomic E-state index is -0.970. The van der Waals surface area contributed by atoms with Crippen molar-refractivity contribution in [1.29, 1.82) is 0 Å². The molecule has 0 amide bonds. The zero-order chi connectivity index (χ0) is 29.4. The van der Waals surface area contributed by atoms with E-state index in [1.165, 1.54) is 45.6 Å². The standard InChI is InChI=1S/2C17H23PSi.CO.Rh.3H/c2*1-19(2,3)15-14-18(16-10-6-4-7-11-16)17-12-8-5-9-13-17;1-2;;;;/h2*4-13H,14-15H2,1-3H3;;;;;/q;;;+3;3*-1. The van der Waals surface area contributed by atoms with Gasteiger partial charge in [0.1, 0.15) is 0 Å². The van der Waals surface area contributed by atoms with Crippen molar-refractivity contribution >= 4 is 60.0 Å². The van der Waals surface area contributed by atoms with Crippen molar-refractivity contribution in [3.63, 3.8) is 0 Å². The molecule has 2 radical (unpaired) electrons. The molecular weight excluding hydrogens is 657 g/mol. The van der Waals surface area contributed by atoms with E-state index in [2.05, 4.69) is 167 Å². The van der Waals surface area contributed by atoms with Gasteiger partial charge in [-0.15, -0.1) is 0 Å². The largest absolute Gasteiger partial charge is 3.00 e. The summed E-state index contributed by atoms with van der Waals surface area (Å²) in [5, 5.41) is 6.06. The maximum absolute atomic E-state index is 7.50.